The number of halogens is 1. The number of rotatable bonds is 2. The van der Waals surface area contributed by atoms with Crippen molar-refractivity contribution in [2.75, 3.05) is 7.11 Å². The van der Waals surface area contributed by atoms with Gasteiger partial charge >= 0.3 is 0 Å². The van der Waals surface area contributed by atoms with Gasteiger partial charge in [0.25, 0.3) is 5.56 Å². The lowest BCUT2D eigenvalue weighted by atomic mass is 10.1. The van der Waals surface area contributed by atoms with Gasteiger partial charge in [-0.15, -0.1) is 0 Å². The second kappa shape index (κ2) is 4.37. The van der Waals surface area contributed by atoms with Gasteiger partial charge in [-0.1, -0.05) is 11.6 Å². The minimum atomic E-state index is -0.238. The van der Waals surface area contributed by atoms with Crippen LogP contribution in [-0.2, 0) is 0 Å². The van der Waals surface area contributed by atoms with Crippen molar-refractivity contribution in [2.24, 2.45) is 0 Å². The first-order valence-corrected chi connectivity index (χ1v) is 4.97. The predicted octanol–water partition coefficient (Wildman–Crippen LogP) is 2.10. The number of hydrogen-bond acceptors (Lipinski definition) is 3. The molecule has 1 heterocycles. The van der Waals surface area contributed by atoms with Crippen molar-refractivity contribution in [2.45, 2.75) is 0 Å². The smallest absolute Gasteiger partial charge is 0.264 e. The zero-order valence-electron chi connectivity index (χ0n) is 8.53. The fraction of sp³-hybridized carbons (Fsp3) is 0.0909. The van der Waals surface area contributed by atoms with Crippen LogP contribution in [0.4, 0.5) is 0 Å². The number of benzene rings is 1. The Morgan fingerprint density at radius 2 is 2.12 bits per heavy atom. The van der Waals surface area contributed by atoms with E-state index in [0.717, 1.165) is 5.56 Å². The molecule has 0 bridgehead atoms. The maximum atomic E-state index is 10.9. The molecule has 0 aliphatic carbocycles. The molecule has 1 aromatic heterocycles. The van der Waals surface area contributed by atoms with E-state index in [1.54, 1.807) is 31.4 Å². The third-order valence-electron chi connectivity index (χ3n) is 2.08. The monoisotopic (exact) mass is 236 g/mol. The third kappa shape index (κ3) is 2.23. The maximum absolute atomic E-state index is 10.9. The predicted molar refractivity (Wildman–Crippen MR) is 61.9 cm³/mol. The number of aromatic nitrogens is 2. The molecule has 5 heteroatoms. The number of aromatic amines is 1. The molecule has 16 heavy (non-hydrogen) atoms. The lowest BCUT2D eigenvalue weighted by molar-refractivity contribution is 0.415. The first kappa shape index (κ1) is 10.7. The minimum absolute atomic E-state index is 0.238. The van der Waals surface area contributed by atoms with E-state index >= 15 is 0 Å². The quantitative estimate of drug-likeness (QED) is 0.869. The van der Waals surface area contributed by atoms with Gasteiger partial charge in [-0.3, -0.25) is 4.79 Å². The average Bonchev–Trinajstić information content (AvgIpc) is 2.29. The van der Waals surface area contributed by atoms with Crippen molar-refractivity contribution < 1.29 is 4.74 Å². The van der Waals surface area contributed by atoms with E-state index < -0.39 is 0 Å². The van der Waals surface area contributed by atoms with E-state index in [2.05, 4.69) is 10.2 Å². The molecular formula is C11H9ClN2O2. The van der Waals surface area contributed by atoms with Crippen LogP contribution >= 0.6 is 11.6 Å². The third-order valence-corrected chi connectivity index (χ3v) is 2.30. The van der Waals surface area contributed by atoms with Gasteiger partial charge in [0.2, 0.25) is 0 Å². The Kier molecular flexibility index (Phi) is 2.92. The van der Waals surface area contributed by atoms with Crippen molar-refractivity contribution in [1.29, 1.82) is 0 Å². The summed E-state index contributed by atoms with van der Waals surface area (Å²) in [6.07, 6.45) is 0. The summed E-state index contributed by atoms with van der Waals surface area (Å²) in [5, 5.41) is 6.84. The van der Waals surface area contributed by atoms with Gasteiger partial charge in [0.05, 0.1) is 12.8 Å². The highest BCUT2D eigenvalue weighted by molar-refractivity contribution is 6.31. The highest BCUT2D eigenvalue weighted by Crippen LogP contribution is 2.26. The highest BCUT2D eigenvalue weighted by Gasteiger charge is 2.03. The first-order chi connectivity index (χ1) is 7.69. The maximum Gasteiger partial charge on any atom is 0.264 e. The summed E-state index contributed by atoms with van der Waals surface area (Å²) in [6.45, 7) is 0. The highest BCUT2D eigenvalue weighted by atomic mass is 35.5. The molecule has 0 radical (unpaired) electrons. The van der Waals surface area contributed by atoms with Gasteiger partial charge < -0.3 is 4.74 Å². The second-order valence-corrected chi connectivity index (χ2v) is 3.62. The minimum Gasteiger partial charge on any atom is -0.497 e. The molecule has 0 fully saturated rings. The fourth-order valence-corrected chi connectivity index (χ4v) is 1.56. The first-order valence-electron chi connectivity index (χ1n) is 4.60. The average molecular weight is 237 g/mol. The summed E-state index contributed by atoms with van der Waals surface area (Å²) in [5.41, 5.74) is 1.19. The molecular weight excluding hydrogens is 228 g/mol. The van der Waals surface area contributed by atoms with Crippen LogP contribution in [0, 0.1) is 0 Å². The molecule has 0 aliphatic rings. The Hall–Kier alpha value is -1.81. The van der Waals surface area contributed by atoms with Crippen molar-refractivity contribution >= 4 is 11.6 Å². The van der Waals surface area contributed by atoms with Gasteiger partial charge in [0, 0.05) is 16.7 Å². The molecule has 0 atom stereocenters. The van der Waals surface area contributed by atoms with Crippen molar-refractivity contribution in [3.63, 3.8) is 0 Å². The Labute approximate surface area is 96.8 Å². The standard InChI is InChI=1S/C11H9ClN2O2/c1-16-9-5-7(4-8(12)6-9)10-2-3-11(15)14-13-10/h2-6H,1H3,(H,14,15). The normalized spacial score (nSPS) is 10.1. The van der Waals surface area contributed by atoms with Crippen LogP contribution in [0.25, 0.3) is 11.3 Å². The molecule has 82 valence electrons. The van der Waals surface area contributed by atoms with Gasteiger partial charge in [0.1, 0.15) is 5.75 Å². The van der Waals surface area contributed by atoms with Crippen LogP contribution in [0.3, 0.4) is 0 Å². The van der Waals surface area contributed by atoms with Gasteiger partial charge in [0.15, 0.2) is 0 Å². The topological polar surface area (TPSA) is 55.0 Å². The van der Waals surface area contributed by atoms with Crippen LogP contribution < -0.4 is 10.3 Å². The number of nitrogens with zero attached hydrogens (tertiary/aromatic N) is 1. The van der Waals surface area contributed by atoms with Crippen LogP contribution in [-0.4, -0.2) is 17.3 Å². The van der Waals surface area contributed by atoms with E-state index in [1.807, 2.05) is 0 Å². The van der Waals surface area contributed by atoms with Crippen molar-refractivity contribution in [1.82, 2.24) is 10.2 Å². The van der Waals surface area contributed by atoms with E-state index in [9.17, 15) is 4.79 Å². The molecule has 1 N–H and O–H groups in total. The summed E-state index contributed by atoms with van der Waals surface area (Å²) in [6, 6.07) is 8.30. The zero-order valence-corrected chi connectivity index (χ0v) is 9.28. The molecule has 0 unspecified atom stereocenters. The Bertz CT molecular complexity index is 546. The molecule has 0 amide bonds. The van der Waals surface area contributed by atoms with Gasteiger partial charge in [-0.2, -0.15) is 5.10 Å². The largest absolute Gasteiger partial charge is 0.497 e. The van der Waals surface area contributed by atoms with Crippen LogP contribution in [0.1, 0.15) is 0 Å². The van der Waals surface area contributed by atoms with Crippen LogP contribution in [0.15, 0.2) is 35.1 Å². The van der Waals surface area contributed by atoms with Crippen molar-refractivity contribution in [3.8, 4) is 17.0 Å². The summed E-state index contributed by atoms with van der Waals surface area (Å²) < 4.78 is 5.10. The summed E-state index contributed by atoms with van der Waals surface area (Å²) in [4.78, 5) is 10.9. The SMILES string of the molecule is COc1cc(Cl)cc(-c2ccc(=O)[nH]n2)c1. The van der Waals surface area contributed by atoms with Crippen LogP contribution in [0.5, 0.6) is 5.75 Å². The summed E-state index contributed by atoms with van der Waals surface area (Å²) in [5.74, 6) is 0.649. The van der Waals surface area contributed by atoms with Gasteiger partial charge in [-0.05, 0) is 24.3 Å². The van der Waals surface area contributed by atoms with Crippen molar-refractivity contribution in [3.05, 3.63) is 45.7 Å². The Morgan fingerprint density at radius 3 is 2.75 bits per heavy atom. The van der Waals surface area contributed by atoms with E-state index in [4.69, 9.17) is 16.3 Å². The number of hydrogen-bond donors (Lipinski definition) is 1. The molecule has 2 rings (SSSR count). The summed E-state index contributed by atoms with van der Waals surface area (Å²) >= 11 is 5.93. The zero-order chi connectivity index (χ0) is 11.5. The van der Waals surface area contributed by atoms with Crippen LogP contribution in [0.2, 0.25) is 5.02 Å². The second-order valence-electron chi connectivity index (χ2n) is 3.19. The Morgan fingerprint density at radius 1 is 1.31 bits per heavy atom. The number of nitrogens with one attached hydrogen (secondary N) is 1. The molecule has 1 aromatic carbocycles. The molecule has 0 saturated heterocycles. The molecule has 0 spiro atoms. The number of ether oxygens (including phenoxy) is 1. The number of methoxy groups -OCH3 is 1. The Balaban J connectivity index is 2.51. The lowest BCUT2D eigenvalue weighted by Crippen LogP contribution is -2.05. The van der Waals surface area contributed by atoms with E-state index in [1.165, 1.54) is 6.07 Å². The number of H-pyrrole nitrogens is 1. The molecule has 4 nitrogen and oxygen atoms in total. The fourth-order valence-electron chi connectivity index (χ4n) is 1.33. The lowest BCUT2D eigenvalue weighted by Gasteiger charge is -2.04. The summed E-state index contributed by atoms with van der Waals surface area (Å²) in [7, 11) is 1.57. The molecule has 0 saturated carbocycles. The molecule has 0 aliphatic heterocycles. The van der Waals surface area contributed by atoms with E-state index in [0.29, 0.717) is 16.5 Å². The van der Waals surface area contributed by atoms with E-state index in [-0.39, 0.29) is 5.56 Å². The van der Waals surface area contributed by atoms with Gasteiger partial charge in [-0.25, -0.2) is 5.10 Å². The molecule has 2 aromatic rings.